The van der Waals surface area contributed by atoms with E-state index in [0.717, 1.165) is 36.1 Å². The van der Waals surface area contributed by atoms with Crippen LogP contribution in [0.4, 0.5) is 18.9 Å². The highest BCUT2D eigenvalue weighted by molar-refractivity contribution is 5.87. The number of benzene rings is 2. The second-order valence-corrected chi connectivity index (χ2v) is 8.60. The molecule has 3 aromatic rings. The van der Waals surface area contributed by atoms with Crippen molar-refractivity contribution in [3.63, 3.8) is 0 Å². The van der Waals surface area contributed by atoms with E-state index in [1.165, 1.54) is 12.1 Å². The number of anilines is 1. The lowest BCUT2D eigenvalue weighted by molar-refractivity contribution is -0.142. The average molecular weight is 459 g/mol. The average Bonchev–Trinajstić information content (AvgIpc) is 3.10. The third-order valence-electron chi connectivity index (χ3n) is 6.42. The smallest absolute Gasteiger partial charge is 0.416 e. The fourth-order valence-electron chi connectivity index (χ4n) is 4.50. The number of hydrogen-bond acceptors (Lipinski definition) is 4. The molecule has 0 spiro atoms. The zero-order valence-electron chi connectivity index (χ0n) is 17.9. The highest BCUT2D eigenvalue weighted by Crippen LogP contribution is 2.35. The van der Waals surface area contributed by atoms with Gasteiger partial charge < -0.3 is 19.3 Å². The monoisotopic (exact) mass is 459 g/mol. The SMILES string of the molecule is O=C(O)C1CN(c2cccc(-n3cc(CN4CCOCC4)c4cc(C(F)(F)F)ccc43)c2)C1. The number of carboxylic acid groups (broad SMARTS) is 1. The molecule has 0 bridgehead atoms. The molecule has 2 aliphatic heterocycles. The Hall–Kier alpha value is -3.04. The Morgan fingerprint density at radius 1 is 1.06 bits per heavy atom. The Balaban J connectivity index is 1.52. The van der Waals surface area contributed by atoms with Crippen LogP contribution >= 0.6 is 0 Å². The lowest BCUT2D eigenvalue weighted by Gasteiger charge is -2.38. The van der Waals surface area contributed by atoms with Gasteiger partial charge in [-0.2, -0.15) is 13.2 Å². The highest BCUT2D eigenvalue weighted by Gasteiger charge is 2.33. The van der Waals surface area contributed by atoms with E-state index in [0.29, 0.717) is 43.8 Å². The van der Waals surface area contributed by atoms with E-state index >= 15 is 0 Å². The molecular formula is C24H24F3N3O3. The van der Waals surface area contributed by atoms with E-state index in [9.17, 15) is 18.0 Å². The van der Waals surface area contributed by atoms with E-state index in [1.807, 2.05) is 39.9 Å². The van der Waals surface area contributed by atoms with Gasteiger partial charge >= 0.3 is 12.1 Å². The van der Waals surface area contributed by atoms with Crippen LogP contribution in [0.3, 0.4) is 0 Å². The van der Waals surface area contributed by atoms with Gasteiger partial charge in [0.1, 0.15) is 0 Å². The van der Waals surface area contributed by atoms with Crippen molar-refractivity contribution in [2.75, 3.05) is 44.3 Å². The Labute approximate surface area is 188 Å². The van der Waals surface area contributed by atoms with Gasteiger partial charge in [-0.3, -0.25) is 9.69 Å². The second-order valence-electron chi connectivity index (χ2n) is 8.60. The molecule has 2 aliphatic rings. The van der Waals surface area contributed by atoms with Crippen molar-refractivity contribution in [2.45, 2.75) is 12.7 Å². The molecule has 3 heterocycles. The summed E-state index contributed by atoms with van der Waals surface area (Å²) in [6.07, 6.45) is -2.50. The van der Waals surface area contributed by atoms with Crippen LogP contribution in [0.25, 0.3) is 16.6 Å². The van der Waals surface area contributed by atoms with Crippen molar-refractivity contribution in [1.29, 1.82) is 0 Å². The first-order valence-electron chi connectivity index (χ1n) is 10.9. The number of hydrogen-bond donors (Lipinski definition) is 1. The van der Waals surface area contributed by atoms with Gasteiger partial charge in [-0.05, 0) is 42.0 Å². The molecule has 2 saturated heterocycles. The number of nitrogens with zero attached hydrogens (tertiary/aromatic N) is 3. The number of fused-ring (bicyclic) bond motifs is 1. The number of carboxylic acids is 1. The molecule has 2 fully saturated rings. The normalized spacial score (nSPS) is 18.0. The molecule has 5 rings (SSSR count). The molecule has 0 aliphatic carbocycles. The highest BCUT2D eigenvalue weighted by atomic mass is 19.4. The largest absolute Gasteiger partial charge is 0.481 e. The molecule has 0 radical (unpaired) electrons. The lowest BCUT2D eigenvalue weighted by atomic mass is 9.99. The van der Waals surface area contributed by atoms with Gasteiger partial charge in [-0.15, -0.1) is 0 Å². The number of morpholine rings is 1. The number of alkyl halides is 3. The molecule has 33 heavy (non-hydrogen) atoms. The number of rotatable bonds is 5. The zero-order valence-corrected chi connectivity index (χ0v) is 17.9. The van der Waals surface area contributed by atoms with E-state index in [4.69, 9.17) is 9.84 Å². The molecular weight excluding hydrogens is 435 g/mol. The second kappa shape index (κ2) is 8.39. The summed E-state index contributed by atoms with van der Waals surface area (Å²) in [5.74, 6) is -1.17. The maximum atomic E-state index is 13.4. The van der Waals surface area contributed by atoms with Crippen molar-refractivity contribution in [1.82, 2.24) is 9.47 Å². The Morgan fingerprint density at radius 3 is 2.48 bits per heavy atom. The van der Waals surface area contributed by atoms with Crippen LogP contribution in [0.15, 0.2) is 48.7 Å². The van der Waals surface area contributed by atoms with Gasteiger partial charge in [0, 0.05) is 55.7 Å². The summed E-state index contributed by atoms with van der Waals surface area (Å²) in [7, 11) is 0. The van der Waals surface area contributed by atoms with Gasteiger partial charge in [0.05, 0.1) is 30.2 Å². The minimum absolute atomic E-state index is 0.373. The molecule has 0 saturated carbocycles. The first-order chi connectivity index (χ1) is 15.8. The Bertz CT molecular complexity index is 1180. The zero-order chi connectivity index (χ0) is 23.2. The maximum Gasteiger partial charge on any atom is 0.416 e. The first kappa shape index (κ1) is 21.8. The molecule has 0 unspecified atom stereocenters. The molecule has 1 N–H and O–H groups in total. The molecule has 0 amide bonds. The number of ether oxygens (including phenoxy) is 1. The summed E-state index contributed by atoms with van der Waals surface area (Å²) in [4.78, 5) is 15.3. The number of aliphatic carboxylic acids is 1. The third-order valence-corrected chi connectivity index (χ3v) is 6.42. The van der Waals surface area contributed by atoms with Gasteiger partial charge in [0.15, 0.2) is 0 Å². The van der Waals surface area contributed by atoms with Gasteiger partial charge in [-0.1, -0.05) is 6.07 Å². The van der Waals surface area contributed by atoms with Gasteiger partial charge in [-0.25, -0.2) is 0 Å². The summed E-state index contributed by atoms with van der Waals surface area (Å²) >= 11 is 0. The maximum absolute atomic E-state index is 13.4. The minimum atomic E-state index is -4.41. The number of halogens is 3. The fourth-order valence-corrected chi connectivity index (χ4v) is 4.50. The van der Waals surface area contributed by atoms with Crippen molar-refractivity contribution < 1.29 is 27.8 Å². The molecule has 9 heteroatoms. The van der Waals surface area contributed by atoms with E-state index in [1.54, 1.807) is 0 Å². The van der Waals surface area contributed by atoms with Crippen molar-refractivity contribution >= 4 is 22.6 Å². The summed E-state index contributed by atoms with van der Waals surface area (Å²) in [6, 6.07) is 11.5. The summed E-state index contributed by atoms with van der Waals surface area (Å²) < 4.78 is 47.6. The molecule has 1 aromatic heterocycles. The van der Waals surface area contributed by atoms with Crippen molar-refractivity contribution in [3.8, 4) is 5.69 Å². The summed E-state index contributed by atoms with van der Waals surface area (Å²) in [5, 5.41) is 9.72. The van der Waals surface area contributed by atoms with Crippen LogP contribution in [0, 0.1) is 5.92 Å². The van der Waals surface area contributed by atoms with Crippen LogP contribution < -0.4 is 4.90 Å². The fraction of sp³-hybridized carbons (Fsp3) is 0.375. The van der Waals surface area contributed by atoms with Crippen LogP contribution in [0.1, 0.15) is 11.1 Å². The standard InChI is InChI=1S/C24H24F3N3O3/c25-24(26,27)18-4-5-22-21(10-18)16(12-28-6-8-33-9-7-28)15-30(22)20-3-1-2-19(11-20)29-13-17(14-29)23(31)32/h1-5,10-11,15,17H,6-9,12-14H2,(H,31,32). The minimum Gasteiger partial charge on any atom is -0.481 e. The molecule has 2 aromatic carbocycles. The third kappa shape index (κ3) is 4.30. The summed E-state index contributed by atoms with van der Waals surface area (Å²) in [6.45, 7) is 4.14. The van der Waals surface area contributed by atoms with Crippen LogP contribution in [0.2, 0.25) is 0 Å². The van der Waals surface area contributed by atoms with E-state index in [-0.39, 0.29) is 5.92 Å². The first-order valence-corrected chi connectivity index (χ1v) is 10.9. The summed E-state index contributed by atoms with van der Waals surface area (Å²) in [5.41, 5.74) is 2.59. The van der Waals surface area contributed by atoms with Crippen molar-refractivity contribution in [3.05, 3.63) is 59.8 Å². The van der Waals surface area contributed by atoms with Crippen LogP contribution in [-0.4, -0.2) is 59.9 Å². The van der Waals surface area contributed by atoms with Crippen LogP contribution in [-0.2, 0) is 22.3 Å². The number of aromatic nitrogens is 1. The Morgan fingerprint density at radius 2 is 1.79 bits per heavy atom. The van der Waals surface area contributed by atoms with Crippen LogP contribution in [0.5, 0.6) is 0 Å². The topological polar surface area (TPSA) is 57.9 Å². The van der Waals surface area contributed by atoms with E-state index < -0.39 is 17.7 Å². The van der Waals surface area contributed by atoms with E-state index in [2.05, 4.69) is 4.90 Å². The quantitative estimate of drug-likeness (QED) is 0.625. The molecule has 174 valence electrons. The predicted octanol–water partition coefficient (Wildman–Crippen LogP) is 4.00. The number of carbonyl (C=O) groups is 1. The van der Waals surface area contributed by atoms with Gasteiger partial charge in [0.2, 0.25) is 0 Å². The predicted molar refractivity (Wildman–Crippen MR) is 118 cm³/mol. The molecule has 0 atom stereocenters. The lowest BCUT2D eigenvalue weighted by Crippen LogP contribution is -2.50. The molecule has 6 nitrogen and oxygen atoms in total. The Kier molecular flexibility index (Phi) is 5.54. The van der Waals surface area contributed by atoms with Gasteiger partial charge in [0.25, 0.3) is 0 Å². The van der Waals surface area contributed by atoms with Crippen molar-refractivity contribution in [2.24, 2.45) is 5.92 Å².